The van der Waals surface area contributed by atoms with Crippen LogP contribution in [0, 0.1) is 23.7 Å². The Morgan fingerprint density at radius 1 is 1.10 bits per heavy atom. The minimum atomic E-state index is -1.24. The van der Waals surface area contributed by atoms with E-state index in [2.05, 4.69) is 0 Å². The number of aliphatic hydroxyl groups excluding tert-OH is 3. The third kappa shape index (κ3) is 10.1. The lowest BCUT2D eigenvalue weighted by Gasteiger charge is -2.46. The zero-order valence-electron chi connectivity index (χ0n) is 25.6. The van der Waals surface area contributed by atoms with Gasteiger partial charge in [0.2, 0.25) is 0 Å². The molecule has 0 aromatic heterocycles. The maximum atomic E-state index is 13.1. The Bertz CT molecular complexity index is 919. The third-order valence-corrected chi connectivity index (χ3v) is 8.33. The molecule has 2 aliphatic rings. The van der Waals surface area contributed by atoms with Crippen molar-refractivity contribution in [2.24, 2.45) is 23.7 Å². The standard InChI is InChI=1S/C31H51NO9/c1-8-9-22-14-18(2)10-11-24(34)19(3)15-23(12-13-33)30(20(4)25(35)16-26(36)39-17-22)41-31-29(38)27(32(6)7)28(37)21(5)40-31/h10-11,13-14,19-23,25,27-31,35,37-38H,8-9,12,15-17H2,1-7H3/t19?,20?,21-,22?,23?,25?,27+,28-,29-,30?,31+/m1/s1. The van der Waals surface area contributed by atoms with Gasteiger partial charge < -0.3 is 39.2 Å². The van der Waals surface area contributed by atoms with Crippen LogP contribution in [0.15, 0.2) is 23.8 Å². The summed E-state index contributed by atoms with van der Waals surface area (Å²) in [4.78, 5) is 39.3. The lowest BCUT2D eigenvalue weighted by Crippen LogP contribution is -2.63. The van der Waals surface area contributed by atoms with Gasteiger partial charge in [0.15, 0.2) is 12.1 Å². The van der Waals surface area contributed by atoms with Crippen LogP contribution in [0.4, 0.5) is 0 Å². The normalized spacial score (nSPS) is 38.4. The van der Waals surface area contributed by atoms with Crippen molar-refractivity contribution in [1.29, 1.82) is 0 Å². The molecular formula is C31H51NO9. The van der Waals surface area contributed by atoms with Gasteiger partial charge in [0, 0.05) is 24.2 Å². The SMILES string of the molecule is CCCC1C=C(C)C=CC(=O)C(C)CC(CC=O)C(O[C@@H]2O[C@H](C)[C@@H](O)[C@H](N(C)C)[C@H]2O)C(C)C(O)CC(=O)OC1. The highest BCUT2D eigenvalue weighted by Crippen LogP contribution is 2.34. The van der Waals surface area contributed by atoms with Crippen LogP contribution in [0.2, 0.25) is 0 Å². The minimum Gasteiger partial charge on any atom is -0.465 e. The van der Waals surface area contributed by atoms with E-state index in [4.69, 9.17) is 14.2 Å². The monoisotopic (exact) mass is 581 g/mol. The van der Waals surface area contributed by atoms with Crippen molar-refractivity contribution in [2.75, 3.05) is 20.7 Å². The summed E-state index contributed by atoms with van der Waals surface area (Å²) >= 11 is 0. The predicted molar refractivity (Wildman–Crippen MR) is 154 cm³/mol. The van der Waals surface area contributed by atoms with Gasteiger partial charge in [0.25, 0.3) is 0 Å². The number of aldehydes is 1. The quantitative estimate of drug-likeness (QED) is 0.303. The smallest absolute Gasteiger partial charge is 0.308 e. The fraction of sp³-hybridized carbons (Fsp3) is 0.774. The van der Waals surface area contributed by atoms with Gasteiger partial charge in [0.05, 0.1) is 43.5 Å². The highest BCUT2D eigenvalue weighted by molar-refractivity contribution is 5.91. The minimum absolute atomic E-state index is 0.0245. The predicted octanol–water partition coefficient (Wildman–Crippen LogP) is 2.43. The topological polar surface area (TPSA) is 143 Å². The van der Waals surface area contributed by atoms with Gasteiger partial charge in [-0.05, 0) is 52.8 Å². The second-order valence-corrected chi connectivity index (χ2v) is 12.1. The maximum Gasteiger partial charge on any atom is 0.308 e. The Kier molecular flexibility index (Phi) is 14.3. The second-order valence-electron chi connectivity index (χ2n) is 12.1. The molecule has 234 valence electrons. The molecule has 0 spiro atoms. The van der Waals surface area contributed by atoms with E-state index in [0.29, 0.717) is 0 Å². The number of rotatable bonds is 7. The van der Waals surface area contributed by atoms with Crippen molar-refractivity contribution in [1.82, 2.24) is 4.90 Å². The van der Waals surface area contributed by atoms with Crippen molar-refractivity contribution in [3.05, 3.63) is 23.8 Å². The molecule has 1 fully saturated rings. The summed E-state index contributed by atoms with van der Waals surface area (Å²) in [6, 6.07) is -0.687. The van der Waals surface area contributed by atoms with E-state index >= 15 is 0 Å². The molecule has 2 heterocycles. The van der Waals surface area contributed by atoms with Gasteiger partial charge >= 0.3 is 5.97 Å². The number of cyclic esters (lactones) is 1. The van der Waals surface area contributed by atoms with Crippen molar-refractivity contribution >= 4 is 18.0 Å². The average molecular weight is 582 g/mol. The molecule has 0 saturated carbocycles. The first-order chi connectivity index (χ1) is 19.3. The van der Waals surface area contributed by atoms with Crippen LogP contribution in [-0.4, -0.2) is 102 Å². The summed E-state index contributed by atoms with van der Waals surface area (Å²) in [5.41, 5.74) is 0.877. The highest BCUT2D eigenvalue weighted by Gasteiger charge is 2.47. The summed E-state index contributed by atoms with van der Waals surface area (Å²) < 4.78 is 17.8. The molecule has 3 N–H and O–H groups in total. The van der Waals surface area contributed by atoms with Crippen LogP contribution in [0.25, 0.3) is 0 Å². The molecule has 10 nitrogen and oxygen atoms in total. The highest BCUT2D eigenvalue weighted by atomic mass is 16.7. The summed E-state index contributed by atoms with van der Waals surface area (Å²) in [7, 11) is 3.46. The Labute approximate surface area is 244 Å². The molecule has 0 bridgehead atoms. The molecule has 0 radical (unpaired) electrons. The Morgan fingerprint density at radius 3 is 2.39 bits per heavy atom. The number of ether oxygens (including phenoxy) is 3. The van der Waals surface area contributed by atoms with E-state index in [-0.39, 0.29) is 37.6 Å². The molecule has 11 atom stereocenters. The molecule has 0 amide bonds. The zero-order chi connectivity index (χ0) is 30.9. The molecule has 1 saturated heterocycles. The van der Waals surface area contributed by atoms with Crippen molar-refractivity contribution < 1.29 is 43.9 Å². The zero-order valence-corrected chi connectivity index (χ0v) is 25.6. The number of aliphatic hydroxyl groups is 3. The van der Waals surface area contributed by atoms with Crippen LogP contribution >= 0.6 is 0 Å². The maximum absolute atomic E-state index is 13.1. The second kappa shape index (κ2) is 16.6. The fourth-order valence-electron chi connectivity index (χ4n) is 5.84. The number of carbonyl (C=O) groups excluding carboxylic acids is 3. The van der Waals surface area contributed by atoms with E-state index < -0.39 is 66.6 Å². The van der Waals surface area contributed by atoms with Gasteiger partial charge in [-0.3, -0.25) is 9.59 Å². The molecule has 0 aliphatic carbocycles. The van der Waals surface area contributed by atoms with Gasteiger partial charge in [-0.1, -0.05) is 44.9 Å². The molecule has 6 unspecified atom stereocenters. The number of hydrogen-bond acceptors (Lipinski definition) is 10. The fourth-order valence-corrected chi connectivity index (χ4v) is 5.84. The van der Waals surface area contributed by atoms with Gasteiger partial charge in [0.1, 0.15) is 12.4 Å². The molecule has 10 heteroatoms. The summed E-state index contributed by atoms with van der Waals surface area (Å²) in [5, 5.41) is 32.9. The first kappa shape index (κ1) is 35.2. The van der Waals surface area contributed by atoms with Gasteiger partial charge in [-0.2, -0.15) is 0 Å². The van der Waals surface area contributed by atoms with E-state index in [1.165, 1.54) is 6.08 Å². The Hall–Kier alpha value is -1.95. The lowest BCUT2D eigenvalue weighted by molar-refractivity contribution is -0.304. The number of nitrogens with zero attached hydrogens (tertiary/aromatic N) is 1. The summed E-state index contributed by atoms with van der Waals surface area (Å²) in [6.07, 6.45) is 1.62. The first-order valence-electron chi connectivity index (χ1n) is 14.8. The number of esters is 1. The third-order valence-electron chi connectivity index (χ3n) is 8.33. The van der Waals surface area contributed by atoms with Crippen molar-refractivity contribution in [3.63, 3.8) is 0 Å². The first-order valence-corrected chi connectivity index (χ1v) is 14.8. The average Bonchev–Trinajstić information content (AvgIpc) is 2.90. The van der Waals surface area contributed by atoms with Gasteiger partial charge in [-0.25, -0.2) is 0 Å². The molecule has 0 aromatic rings. The van der Waals surface area contributed by atoms with Crippen LogP contribution in [0.5, 0.6) is 0 Å². The number of likely N-dealkylation sites (N-methyl/N-ethyl adjacent to an activating group) is 1. The van der Waals surface area contributed by atoms with Crippen molar-refractivity contribution in [3.8, 4) is 0 Å². The van der Waals surface area contributed by atoms with Crippen LogP contribution < -0.4 is 0 Å². The number of ketones is 1. The van der Waals surface area contributed by atoms with E-state index in [1.807, 2.05) is 19.9 Å². The van der Waals surface area contributed by atoms with E-state index in [9.17, 15) is 29.7 Å². The van der Waals surface area contributed by atoms with Crippen molar-refractivity contribution in [2.45, 2.75) is 110 Å². The lowest BCUT2D eigenvalue weighted by atomic mass is 9.79. The molecule has 2 aliphatic heterocycles. The van der Waals surface area contributed by atoms with Gasteiger partial charge in [-0.15, -0.1) is 0 Å². The molecule has 41 heavy (non-hydrogen) atoms. The molecule has 2 rings (SSSR count). The van der Waals surface area contributed by atoms with Crippen LogP contribution in [0.1, 0.15) is 66.7 Å². The van der Waals surface area contributed by atoms with Crippen LogP contribution in [0.3, 0.4) is 0 Å². The summed E-state index contributed by atoms with van der Waals surface area (Å²) in [6.45, 7) is 9.26. The summed E-state index contributed by atoms with van der Waals surface area (Å²) in [5.74, 6) is -2.37. The Morgan fingerprint density at radius 2 is 1.78 bits per heavy atom. The molecular weight excluding hydrogens is 530 g/mol. The van der Waals surface area contributed by atoms with E-state index in [1.54, 1.807) is 45.8 Å². The van der Waals surface area contributed by atoms with Crippen LogP contribution in [-0.2, 0) is 28.6 Å². The number of hydrogen-bond donors (Lipinski definition) is 3. The Balaban J connectivity index is 2.46. The largest absolute Gasteiger partial charge is 0.465 e. The van der Waals surface area contributed by atoms with E-state index in [0.717, 1.165) is 24.7 Å². The molecule has 0 aromatic carbocycles. The number of carbonyl (C=O) groups is 3. The number of allylic oxidation sites excluding steroid dienone is 3.